The molecule has 1 fully saturated rings. The molecule has 0 aliphatic carbocycles. The van der Waals surface area contributed by atoms with Gasteiger partial charge in [0.25, 0.3) is 0 Å². The molecule has 1 aliphatic rings. The zero-order valence-corrected chi connectivity index (χ0v) is 19.0. The summed E-state index contributed by atoms with van der Waals surface area (Å²) in [5.74, 6) is 0. The maximum Gasteiger partial charge on any atom is 1.00 e. The number of rotatable bonds is 4. The molecule has 0 bridgehead atoms. The molecule has 128 valence electrons. The maximum absolute atomic E-state index is 10.6. The second-order valence-corrected chi connectivity index (χ2v) is 6.55. The van der Waals surface area contributed by atoms with Crippen LogP contribution in [0.2, 0.25) is 0 Å². The van der Waals surface area contributed by atoms with Crippen molar-refractivity contribution in [1.82, 2.24) is 23.9 Å². The van der Waals surface area contributed by atoms with E-state index in [0.717, 1.165) is 0 Å². The third-order valence-electron chi connectivity index (χ3n) is 3.86. The van der Waals surface area contributed by atoms with Crippen LogP contribution >= 0.6 is 7.82 Å². The van der Waals surface area contributed by atoms with Gasteiger partial charge in [0.05, 0.1) is 26.9 Å². The van der Waals surface area contributed by atoms with Gasteiger partial charge in [-0.05, 0) is 0 Å². The van der Waals surface area contributed by atoms with Crippen LogP contribution in [0.25, 0.3) is 16.8 Å². The first-order valence-corrected chi connectivity index (χ1v) is 8.53. The van der Waals surface area contributed by atoms with E-state index in [2.05, 4.69) is 19.5 Å². The molecule has 0 unspecified atom stereocenters. The molecule has 0 spiro atoms. The fourth-order valence-electron chi connectivity index (χ4n) is 2.76. The van der Waals surface area contributed by atoms with Crippen LogP contribution in [-0.4, -0.2) is 47.8 Å². The standard InChI is InChI=1S/C12H14N5O6P.2Na/c18-7-3-9(23-8(7)4-22-24(19,20)21)17-6-14-10-11-13-1-2-16(11)5-15-12(10)17;;/h1-2,5-9,18H,3-4H2,(H2,19,20,21);;/q;2*+1/p-2/t7-,8+,9+;;/m0../s1. The summed E-state index contributed by atoms with van der Waals surface area (Å²) in [6.07, 6.45) is 4.13. The van der Waals surface area contributed by atoms with Crippen molar-refractivity contribution in [2.24, 2.45) is 0 Å². The van der Waals surface area contributed by atoms with E-state index in [9.17, 15) is 19.5 Å². The number of imidazole rings is 2. The molecular formula is C12H12N5Na2O6P. The van der Waals surface area contributed by atoms with E-state index in [1.165, 1.54) is 6.33 Å². The Hall–Kier alpha value is 0.120. The topological polar surface area (TPSA) is 150 Å². The Morgan fingerprint density at radius 2 is 2.04 bits per heavy atom. The molecule has 1 N–H and O–H groups in total. The number of phosphoric ester groups is 1. The average molecular weight is 399 g/mol. The van der Waals surface area contributed by atoms with Crippen molar-refractivity contribution in [1.29, 1.82) is 0 Å². The molecule has 0 radical (unpaired) electrons. The van der Waals surface area contributed by atoms with Gasteiger partial charge in [0.1, 0.15) is 18.7 Å². The van der Waals surface area contributed by atoms with E-state index in [-0.39, 0.29) is 65.5 Å². The number of aromatic nitrogens is 5. The zero-order valence-electron chi connectivity index (χ0n) is 14.1. The third-order valence-corrected chi connectivity index (χ3v) is 4.33. The van der Waals surface area contributed by atoms with E-state index in [0.29, 0.717) is 16.8 Å². The number of phosphoric acid groups is 1. The molecule has 3 aromatic rings. The number of aliphatic hydroxyl groups excluding tert-OH is 1. The number of fused-ring (bicyclic) bond motifs is 3. The molecule has 1 saturated heterocycles. The third kappa shape index (κ3) is 4.40. The van der Waals surface area contributed by atoms with E-state index >= 15 is 0 Å². The van der Waals surface area contributed by atoms with Crippen LogP contribution in [0.3, 0.4) is 0 Å². The molecule has 3 aromatic heterocycles. The van der Waals surface area contributed by atoms with E-state index in [1.54, 1.807) is 27.7 Å². The molecule has 14 heteroatoms. The summed E-state index contributed by atoms with van der Waals surface area (Å²) in [5.41, 5.74) is 1.73. The maximum atomic E-state index is 10.6. The van der Waals surface area contributed by atoms with Gasteiger partial charge >= 0.3 is 59.1 Å². The Morgan fingerprint density at radius 1 is 1.27 bits per heavy atom. The SMILES string of the molecule is O=P([O-])([O-])OC[C@H]1O[C@@H](n2cnc3c2ncn2ccnc32)C[C@@H]1O.[Na+].[Na+]. The molecule has 4 heterocycles. The van der Waals surface area contributed by atoms with Crippen molar-refractivity contribution in [2.75, 3.05) is 6.61 Å². The monoisotopic (exact) mass is 399 g/mol. The van der Waals surface area contributed by atoms with E-state index < -0.39 is 32.9 Å². The van der Waals surface area contributed by atoms with Crippen molar-refractivity contribution in [3.8, 4) is 0 Å². The van der Waals surface area contributed by atoms with Gasteiger partial charge < -0.3 is 28.7 Å². The van der Waals surface area contributed by atoms with Crippen LogP contribution in [0.15, 0.2) is 25.0 Å². The van der Waals surface area contributed by atoms with E-state index in [4.69, 9.17) is 4.74 Å². The first kappa shape index (κ1) is 22.4. The van der Waals surface area contributed by atoms with Gasteiger partial charge in [0, 0.05) is 18.8 Å². The Morgan fingerprint density at radius 3 is 2.77 bits per heavy atom. The summed E-state index contributed by atoms with van der Waals surface area (Å²) in [7, 11) is -5.12. The van der Waals surface area contributed by atoms with Crippen LogP contribution in [-0.2, 0) is 13.8 Å². The fourth-order valence-corrected chi connectivity index (χ4v) is 3.09. The van der Waals surface area contributed by atoms with E-state index in [1.807, 2.05) is 0 Å². The van der Waals surface area contributed by atoms with Crippen LogP contribution in [0.4, 0.5) is 0 Å². The van der Waals surface area contributed by atoms with Gasteiger partial charge in [-0.1, -0.05) is 0 Å². The minimum Gasteiger partial charge on any atom is -0.790 e. The van der Waals surface area contributed by atoms with Crippen LogP contribution in [0.5, 0.6) is 0 Å². The molecule has 0 aromatic carbocycles. The van der Waals surface area contributed by atoms with Crippen molar-refractivity contribution >= 4 is 24.6 Å². The minimum absolute atomic E-state index is 0. The number of ether oxygens (including phenoxy) is 1. The smallest absolute Gasteiger partial charge is 0.790 e. The molecule has 11 nitrogen and oxygen atoms in total. The number of hydrogen-bond acceptors (Lipinski definition) is 9. The number of aliphatic hydroxyl groups is 1. The summed E-state index contributed by atoms with van der Waals surface area (Å²) >= 11 is 0. The summed E-state index contributed by atoms with van der Waals surface area (Å²) in [5, 5.41) is 10.00. The molecular weight excluding hydrogens is 387 g/mol. The quantitative estimate of drug-likeness (QED) is 0.333. The first-order chi connectivity index (χ1) is 11.4. The van der Waals surface area contributed by atoms with Gasteiger partial charge in [-0.3, -0.25) is 8.97 Å². The summed E-state index contributed by atoms with van der Waals surface area (Å²) in [4.78, 5) is 33.9. The Balaban J connectivity index is 0.00000121. The van der Waals surface area contributed by atoms with Crippen LogP contribution in [0.1, 0.15) is 12.6 Å². The molecule has 26 heavy (non-hydrogen) atoms. The fraction of sp³-hybridized carbons (Fsp3) is 0.417. The van der Waals surface area contributed by atoms with Gasteiger partial charge in [-0.2, -0.15) is 0 Å². The first-order valence-electron chi connectivity index (χ1n) is 7.07. The van der Waals surface area contributed by atoms with Crippen molar-refractivity contribution in [3.05, 3.63) is 25.0 Å². The average Bonchev–Trinajstić information content (AvgIpc) is 3.20. The van der Waals surface area contributed by atoms with Gasteiger partial charge in [-0.15, -0.1) is 0 Å². The zero-order chi connectivity index (χ0) is 16.9. The minimum atomic E-state index is -5.12. The molecule has 0 saturated carbocycles. The summed E-state index contributed by atoms with van der Waals surface area (Å²) in [6, 6.07) is 0. The molecule has 4 rings (SSSR count). The molecule has 0 amide bonds. The second-order valence-electron chi connectivity index (χ2n) is 5.40. The molecule has 3 atom stereocenters. The van der Waals surface area contributed by atoms with Crippen LogP contribution < -0.4 is 68.9 Å². The number of hydrogen-bond donors (Lipinski definition) is 1. The molecule has 1 aliphatic heterocycles. The van der Waals surface area contributed by atoms with Crippen molar-refractivity contribution in [2.45, 2.75) is 24.9 Å². The summed E-state index contributed by atoms with van der Waals surface area (Å²) in [6.45, 7) is -0.535. The Labute approximate surface area is 191 Å². The number of nitrogens with zero attached hydrogens (tertiary/aromatic N) is 5. The van der Waals surface area contributed by atoms with Crippen LogP contribution in [0, 0.1) is 0 Å². The summed E-state index contributed by atoms with van der Waals surface area (Å²) < 4.78 is 23.7. The second kappa shape index (κ2) is 8.64. The predicted molar refractivity (Wildman–Crippen MR) is 74.4 cm³/mol. The van der Waals surface area contributed by atoms with Gasteiger partial charge in [-0.25, -0.2) is 15.0 Å². The normalized spacial score (nSPS) is 23.1. The van der Waals surface area contributed by atoms with Crippen molar-refractivity contribution in [3.63, 3.8) is 0 Å². The largest absolute Gasteiger partial charge is 1.00 e. The Bertz CT molecular complexity index is 945. The Kier molecular flexibility index (Phi) is 7.45. The van der Waals surface area contributed by atoms with Gasteiger partial charge in [0.15, 0.2) is 16.8 Å². The van der Waals surface area contributed by atoms with Gasteiger partial charge in [0.2, 0.25) is 0 Å². The van der Waals surface area contributed by atoms with Crippen molar-refractivity contribution < 1.29 is 87.8 Å². The predicted octanol–water partition coefficient (Wildman–Crippen LogP) is -7.42.